The fraction of sp³-hybridized carbons (Fsp3) is 0.611. The van der Waals surface area contributed by atoms with Gasteiger partial charge in [0.15, 0.2) is 5.96 Å². The summed E-state index contributed by atoms with van der Waals surface area (Å²) in [6.07, 6.45) is 3.43. The second-order valence-corrected chi connectivity index (χ2v) is 7.00. The van der Waals surface area contributed by atoms with Crippen molar-refractivity contribution in [2.24, 2.45) is 4.99 Å². The minimum atomic E-state index is 0.533. The Morgan fingerprint density at radius 2 is 1.91 bits per heavy atom. The van der Waals surface area contributed by atoms with Crippen LogP contribution in [0.4, 0.5) is 0 Å². The van der Waals surface area contributed by atoms with E-state index in [4.69, 9.17) is 0 Å². The first-order chi connectivity index (χ1) is 11.2. The molecule has 0 unspecified atom stereocenters. The van der Waals surface area contributed by atoms with Gasteiger partial charge in [0.2, 0.25) is 0 Å². The first-order valence-electron chi connectivity index (χ1n) is 8.73. The molecule has 0 radical (unpaired) electrons. The maximum absolute atomic E-state index is 4.60. The van der Waals surface area contributed by atoms with Crippen molar-refractivity contribution in [3.8, 4) is 0 Å². The number of nitrogens with one attached hydrogen (secondary N) is 2. The second kappa shape index (κ2) is 9.93. The molecule has 4 nitrogen and oxygen atoms in total. The maximum Gasteiger partial charge on any atom is 0.191 e. The fourth-order valence-corrected chi connectivity index (χ4v) is 3.08. The minimum Gasteiger partial charge on any atom is -0.357 e. The number of halogens is 1. The summed E-state index contributed by atoms with van der Waals surface area (Å²) in [5.74, 6) is 0.973. The Hall–Kier alpha value is -1.07. The van der Waals surface area contributed by atoms with Gasteiger partial charge in [-0.15, -0.1) is 0 Å². The average molecular weight is 381 g/mol. The Labute approximate surface area is 148 Å². The largest absolute Gasteiger partial charge is 0.357 e. The third kappa shape index (κ3) is 6.51. The van der Waals surface area contributed by atoms with Gasteiger partial charge in [-0.2, -0.15) is 0 Å². The molecule has 0 atom stereocenters. The monoisotopic (exact) mass is 380 g/mol. The quantitative estimate of drug-likeness (QED) is 0.586. The molecule has 0 spiro atoms. The van der Waals surface area contributed by atoms with E-state index >= 15 is 0 Å². The molecule has 1 fully saturated rings. The van der Waals surface area contributed by atoms with E-state index in [1.807, 2.05) is 0 Å². The van der Waals surface area contributed by atoms with Crippen LogP contribution in [0, 0.1) is 0 Å². The van der Waals surface area contributed by atoms with Gasteiger partial charge in [-0.25, -0.2) is 0 Å². The summed E-state index contributed by atoms with van der Waals surface area (Å²) in [6.45, 7) is 9.40. The van der Waals surface area contributed by atoms with Gasteiger partial charge in [-0.3, -0.25) is 9.89 Å². The summed E-state index contributed by atoms with van der Waals surface area (Å²) in [5, 5.41) is 6.93. The molecule has 128 valence electrons. The molecule has 1 saturated heterocycles. The molecule has 1 aromatic carbocycles. The van der Waals surface area contributed by atoms with Crippen molar-refractivity contribution < 1.29 is 0 Å². The van der Waals surface area contributed by atoms with E-state index in [9.17, 15) is 0 Å². The van der Waals surface area contributed by atoms with Gasteiger partial charge in [0.05, 0.1) is 0 Å². The van der Waals surface area contributed by atoms with E-state index in [0.29, 0.717) is 6.04 Å². The molecule has 2 rings (SSSR count). The van der Waals surface area contributed by atoms with Crippen molar-refractivity contribution in [1.82, 2.24) is 15.5 Å². The first-order valence-corrected chi connectivity index (χ1v) is 9.52. The highest BCUT2D eigenvalue weighted by atomic mass is 79.9. The number of hydrogen-bond acceptors (Lipinski definition) is 2. The molecule has 1 aliphatic rings. The highest BCUT2D eigenvalue weighted by Gasteiger charge is 2.19. The fourth-order valence-electron chi connectivity index (χ4n) is 2.82. The van der Waals surface area contributed by atoms with E-state index < -0.39 is 0 Å². The van der Waals surface area contributed by atoms with Crippen LogP contribution in [0.3, 0.4) is 0 Å². The molecule has 1 aromatic rings. The predicted molar refractivity (Wildman–Crippen MR) is 102 cm³/mol. The zero-order valence-corrected chi connectivity index (χ0v) is 15.9. The summed E-state index contributed by atoms with van der Waals surface area (Å²) in [5.41, 5.74) is 1.39. The Morgan fingerprint density at radius 1 is 1.22 bits per heavy atom. The first kappa shape index (κ1) is 18.3. The van der Waals surface area contributed by atoms with E-state index in [-0.39, 0.29) is 0 Å². The Balaban J connectivity index is 1.77. The van der Waals surface area contributed by atoms with E-state index in [1.54, 1.807) is 0 Å². The lowest BCUT2D eigenvalue weighted by Crippen LogP contribution is -2.48. The van der Waals surface area contributed by atoms with Gasteiger partial charge in [0.25, 0.3) is 0 Å². The number of benzene rings is 1. The Morgan fingerprint density at radius 3 is 2.52 bits per heavy atom. The highest BCUT2D eigenvalue weighted by Crippen LogP contribution is 2.16. The van der Waals surface area contributed by atoms with Crippen molar-refractivity contribution in [2.75, 3.05) is 26.2 Å². The molecule has 1 heterocycles. The average Bonchev–Trinajstić information content (AvgIpc) is 2.57. The highest BCUT2D eigenvalue weighted by molar-refractivity contribution is 9.10. The van der Waals surface area contributed by atoms with Crippen molar-refractivity contribution >= 4 is 21.9 Å². The zero-order chi connectivity index (χ0) is 16.5. The SMILES string of the molecule is CCCN=C(NCC)NC1CCN(Cc2ccc(Br)cc2)CC1. The van der Waals surface area contributed by atoms with Crippen LogP contribution in [0.2, 0.25) is 0 Å². The Bertz CT molecular complexity index is 478. The molecule has 1 aliphatic heterocycles. The predicted octanol–water partition coefficient (Wildman–Crippen LogP) is 3.38. The van der Waals surface area contributed by atoms with Gasteiger partial charge >= 0.3 is 0 Å². The number of likely N-dealkylation sites (tertiary alicyclic amines) is 1. The molecule has 0 aromatic heterocycles. The number of nitrogens with zero attached hydrogens (tertiary/aromatic N) is 2. The number of hydrogen-bond donors (Lipinski definition) is 2. The molecule has 5 heteroatoms. The smallest absolute Gasteiger partial charge is 0.191 e. The number of rotatable bonds is 6. The number of aliphatic imine (C=N–C) groups is 1. The van der Waals surface area contributed by atoms with Crippen LogP contribution in [0.25, 0.3) is 0 Å². The van der Waals surface area contributed by atoms with Crippen molar-refractivity contribution in [2.45, 2.75) is 45.7 Å². The van der Waals surface area contributed by atoms with Crippen molar-refractivity contribution in [3.05, 3.63) is 34.3 Å². The molecular formula is C18H29BrN4. The Kier molecular flexibility index (Phi) is 7.89. The summed E-state index contributed by atoms with van der Waals surface area (Å²) in [7, 11) is 0. The minimum absolute atomic E-state index is 0.533. The molecule has 2 N–H and O–H groups in total. The van der Waals surface area contributed by atoms with Crippen LogP contribution in [0.1, 0.15) is 38.7 Å². The number of guanidine groups is 1. The van der Waals surface area contributed by atoms with Gasteiger partial charge < -0.3 is 10.6 Å². The van der Waals surface area contributed by atoms with Crippen LogP contribution in [-0.2, 0) is 6.54 Å². The topological polar surface area (TPSA) is 39.7 Å². The molecule has 23 heavy (non-hydrogen) atoms. The molecular weight excluding hydrogens is 352 g/mol. The summed E-state index contributed by atoms with van der Waals surface area (Å²) >= 11 is 3.49. The maximum atomic E-state index is 4.60. The van der Waals surface area contributed by atoms with Crippen molar-refractivity contribution in [3.63, 3.8) is 0 Å². The molecule has 0 saturated carbocycles. The van der Waals surface area contributed by atoms with Crippen LogP contribution < -0.4 is 10.6 Å². The number of piperidine rings is 1. The molecule has 0 bridgehead atoms. The van der Waals surface area contributed by atoms with Crippen molar-refractivity contribution in [1.29, 1.82) is 0 Å². The van der Waals surface area contributed by atoms with E-state index in [2.05, 4.69) is 74.6 Å². The van der Waals surface area contributed by atoms with Gasteiger partial charge in [0.1, 0.15) is 0 Å². The van der Waals surface area contributed by atoms with Crippen LogP contribution in [0.15, 0.2) is 33.7 Å². The molecule has 0 amide bonds. The zero-order valence-electron chi connectivity index (χ0n) is 14.3. The normalized spacial score (nSPS) is 17.3. The molecule has 0 aliphatic carbocycles. The lowest BCUT2D eigenvalue weighted by atomic mass is 10.0. The second-order valence-electron chi connectivity index (χ2n) is 6.08. The standard InChI is InChI=1S/C18H29BrN4/c1-3-11-21-18(20-4-2)22-17-9-12-23(13-10-17)14-15-5-7-16(19)8-6-15/h5-8,17H,3-4,9-14H2,1-2H3,(H2,20,21,22). The van der Waals surface area contributed by atoms with Gasteiger partial charge in [0, 0.05) is 43.2 Å². The summed E-state index contributed by atoms with van der Waals surface area (Å²) in [6, 6.07) is 9.18. The summed E-state index contributed by atoms with van der Waals surface area (Å²) < 4.78 is 1.14. The van der Waals surface area contributed by atoms with E-state index in [1.165, 1.54) is 18.4 Å². The lowest BCUT2D eigenvalue weighted by Gasteiger charge is -2.33. The van der Waals surface area contributed by atoms with Gasteiger partial charge in [-0.1, -0.05) is 35.0 Å². The third-order valence-electron chi connectivity index (χ3n) is 4.09. The van der Waals surface area contributed by atoms with Crippen LogP contribution in [0.5, 0.6) is 0 Å². The van der Waals surface area contributed by atoms with E-state index in [0.717, 1.165) is 49.6 Å². The van der Waals surface area contributed by atoms with Crippen LogP contribution in [-0.4, -0.2) is 43.1 Å². The summed E-state index contributed by atoms with van der Waals surface area (Å²) in [4.78, 5) is 7.14. The van der Waals surface area contributed by atoms with Gasteiger partial charge in [-0.05, 0) is 43.9 Å². The lowest BCUT2D eigenvalue weighted by molar-refractivity contribution is 0.198. The van der Waals surface area contributed by atoms with Crippen LogP contribution >= 0.6 is 15.9 Å². The third-order valence-corrected chi connectivity index (χ3v) is 4.61.